The van der Waals surface area contributed by atoms with Crippen molar-refractivity contribution < 1.29 is 9.21 Å². The number of thiophene rings is 1. The maximum Gasteiger partial charge on any atom is 0.333 e. The molecule has 0 atom stereocenters. The Kier molecular flexibility index (Phi) is 5.54. The summed E-state index contributed by atoms with van der Waals surface area (Å²) in [4.78, 5) is 41.6. The van der Waals surface area contributed by atoms with Gasteiger partial charge in [0.2, 0.25) is 5.91 Å². The fourth-order valence-corrected chi connectivity index (χ4v) is 5.79. The Morgan fingerprint density at radius 3 is 2.67 bits per heavy atom. The topological polar surface area (TPSA) is 86.2 Å². The smallest absolute Gasteiger partial charge is 0.333 e. The molecule has 0 bridgehead atoms. The number of hydrogen-bond acceptors (Lipinski definition) is 5. The van der Waals surface area contributed by atoms with Gasteiger partial charge in [-0.25, -0.2) is 4.79 Å². The molecule has 4 aromatic rings. The standard InChI is InChI=1S/C25H25N3O4S/c1-15-9-10-17(12-16(15)2)26-21(29)14-28-24-22(19-7-3-4-8-20(19)33-24)23(30)27(25(28)31)13-18-6-5-11-32-18/h5-6,9-12H,3-4,7-8,13-14H2,1-2H3,(H,26,29). The van der Waals surface area contributed by atoms with Crippen molar-refractivity contribution >= 4 is 33.1 Å². The van der Waals surface area contributed by atoms with E-state index in [9.17, 15) is 14.4 Å². The number of nitrogens with zero attached hydrogens (tertiary/aromatic N) is 2. The van der Waals surface area contributed by atoms with Gasteiger partial charge >= 0.3 is 5.69 Å². The summed E-state index contributed by atoms with van der Waals surface area (Å²) in [7, 11) is 0. The van der Waals surface area contributed by atoms with Crippen LogP contribution in [-0.2, 0) is 30.7 Å². The lowest BCUT2D eigenvalue weighted by Gasteiger charge is -2.13. The summed E-state index contributed by atoms with van der Waals surface area (Å²) in [6.07, 6.45) is 5.31. The van der Waals surface area contributed by atoms with Crippen molar-refractivity contribution in [2.45, 2.75) is 52.6 Å². The third-order valence-corrected chi connectivity index (χ3v) is 7.62. The molecule has 8 heteroatoms. The van der Waals surface area contributed by atoms with E-state index in [0.717, 1.165) is 47.3 Å². The van der Waals surface area contributed by atoms with E-state index in [2.05, 4.69) is 5.32 Å². The maximum atomic E-state index is 13.4. The van der Waals surface area contributed by atoms with Crippen LogP contribution in [0.5, 0.6) is 0 Å². The summed E-state index contributed by atoms with van der Waals surface area (Å²) in [6, 6.07) is 9.16. The van der Waals surface area contributed by atoms with E-state index in [1.165, 1.54) is 26.7 Å². The number of aromatic nitrogens is 2. The normalized spacial score (nSPS) is 13.3. The average molecular weight is 464 g/mol. The van der Waals surface area contributed by atoms with Crippen LogP contribution >= 0.6 is 11.3 Å². The lowest BCUT2D eigenvalue weighted by atomic mass is 9.97. The van der Waals surface area contributed by atoms with Gasteiger partial charge < -0.3 is 9.73 Å². The first-order chi connectivity index (χ1) is 15.9. The number of carbonyl (C=O) groups is 1. The van der Waals surface area contributed by atoms with Crippen LogP contribution < -0.4 is 16.6 Å². The second kappa shape index (κ2) is 8.51. The summed E-state index contributed by atoms with van der Waals surface area (Å²) in [5.74, 6) is 0.208. The molecule has 0 fully saturated rings. The highest BCUT2D eigenvalue weighted by molar-refractivity contribution is 7.18. The molecule has 0 unspecified atom stereocenters. The number of aryl methyl sites for hydroxylation is 4. The van der Waals surface area contributed by atoms with E-state index in [1.807, 2.05) is 32.0 Å². The number of furan rings is 1. The van der Waals surface area contributed by atoms with Crippen molar-refractivity contribution in [3.05, 3.63) is 84.8 Å². The molecule has 3 aromatic heterocycles. The van der Waals surface area contributed by atoms with Gasteiger partial charge in [0.05, 0.1) is 18.2 Å². The van der Waals surface area contributed by atoms with E-state index in [-0.39, 0.29) is 24.6 Å². The zero-order chi connectivity index (χ0) is 23.1. The van der Waals surface area contributed by atoms with Crippen LogP contribution in [0.3, 0.4) is 0 Å². The van der Waals surface area contributed by atoms with Gasteiger partial charge in [0.15, 0.2) is 0 Å². The van der Waals surface area contributed by atoms with Crippen LogP contribution in [0.1, 0.15) is 40.2 Å². The molecule has 1 amide bonds. The molecule has 7 nitrogen and oxygen atoms in total. The molecule has 0 spiro atoms. The highest BCUT2D eigenvalue weighted by atomic mass is 32.1. The third kappa shape index (κ3) is 3.95. The minimum Gasteiger partial charge on any atom is -0.467 e. The first-order valence-corrected chi connectivity index (χ1v) is 11.9. The Morgan fingerprint density at radius 1 is 1.09 bits per heavy atom. The van der Waals surface area contributed by atoms with Gasteiger partial charge in [-0.3, -0.25) is 18.7 Å². The molecular formula is C25H25N3O4S. The molecule has 1 aliphatic carbocycles. The van der Waals surface area contributed by atoms with E-state index in [0.29, 0.717) is 21.7 Å². The summed E-state index contributed by atoms with van der Waals surface area (Å²) < 4.78 is 8.02. The molecule has 0 radical (unpaired) electrons. The monoisotopic (exact) mass is 463 g/mol. The van der Waals surface area contributed by atoms with E-state index in [4.69, 9.17) is 4.42 Å². The number of benzene rings is 1. The zero-order valence-corrected chi connectivity index (χ0v) is 19.5. The molecule has 1 aromatic carbocycles. The minimum atomic E-state index is -0.502. The SMILES string of the molecule is Cc1ccc(NC(=O)Cn2c(=O)n(Cc3ccco3)c(=O)c3c4c(sc32)CCCC4)cc1C. The second-order valence-corrected chi connectivity index (χ2v) is 9.66. The first-order valence-electron chi connectivity index (χ1n) is 11.1. The molecule has 0 saturated carbocycles. The molecule has 3 heterocycles. The zero-order valence-electron chi connectivity index (χ0n) is 18.6. The molecule has 1 aliphatic rings. The largest absolute Gasteiger partial charge is 0.467 e. The van der Waals surface area contributed by atoms with Crippen LogP contribution in [-0.4, -0.2) is 15.0 Å². The Balaban J connectivity index is 1.59. The predicted molar refractivity (Wildman–Crippen MR) is 129 cm³/mol. The predicted octanol–water partition coefficient (Wildman–Crippen LogP) is 4.00. The Bertz CT molecular complexity index is 1470. The van der Waals surface area contributed by atoms with E-state index in [1.54, 1.807) is 12.1 Å². The fraction of sp³-hybridized carbons (Fsp3) is 0.320. The quantitative estimate of drug-likeness (QED) is 0.485. The van der Waals surface area contributed by atoms with Crippen molar-refractivity contribution in [2.24, 2.45) is 0 Å². The number of hydrogen-bond donors (Lipinski definition) is 1. The number of anilines is 1. The van der Waals surface area contributed by atoms with Crippen LogP contribution in [0.15, 0.2) is 50.6 Å². The van der Waals surface area contributed by atoms with Gasteiger partial charge in [-0.15, -0.1) is 11.3 Å². The Labute approximate surface area is 194 Å². The Hall–Kier alpha value is -3.39. The number of fused-ring (bicyclic) bond motifs is 3. The highest BCUT2D eigenvalue weighted by Gasteiger charge is 2.24. The van der Waals surface area contributed by atoms with Gasteiger partial charge in [-0.05, 0) is 80.5 Å². The van der Waals surface area contributed by atoms with Crippen molar-refractivity contribution in [2.75, 3.05) is 5.32 Å². The summed E-state index contributed by atoms with van der Waals surface area (Å²) in [5.41, 5.74) is 3.12. The number of nitrogens with one attached hydrogen (secondary N) is 1. The summed E-state index contributed by atoms with van der Waals surface area (Å²) in [6.45, 7) is 3.86. The van der Waals surface area contributed by atoms with Crippen molar-refractivity contribution in [1.82, 2.24) is 9.13 Å². The molecule has 1 N–H and O–H groups in total. The maximum absolute atomic E-state index is 13.4. The first kappa shape index (κ1) is 21.5. The van der Waals surface area contributed by atoms with Gasteiger partial charge in [0.25, 0.3) is 5.56 Å². The lowest BCUT2D eigenvalue weighted by molar-refractivity contribution is -0.116. The molecule has 0 saturated heterocycles. The molecular weight excluding hydrogens is 438 g/mol. The van der Waals surface area contributed by atoms with Gasteiger partial charge in [0.1, 0.15) is 17.1 Å². The van der Waals surface area contributed by atoms with Gasteiger partial charge in [-0.1, -0.05) is 6.07 Å². The molecule has 170 valence electrons. The summed E-state index contributed by atoms with van der Waals surface area (Å²) in [5, 5.41) is 3.46. The van der Waals surface area contributed by atoms with Crippen LogP contribution in [0.25, 0.3) is 10.2 Å². The second-order valence-electron chi connectivity index (χ2n) is 8.58. The molecule has 5 rings (SSSR count). The van der Waals surface area contributed by atoms with Crippen molar-refractivity contribution in [1.29, 1.82) is 0 Å². The van der Waals surface area contributed by atoms with Crippen LogP contribution in [0, 0.1) is 13.8 Å². The molecule has 0 aliphatic heterocycles. The van der Waals surface area contributed by atoms with Crippen LogP contribution in [0.4, 0.5) is 5.69 Å². The number of amides is 1. The minimum absolute atomic E-state index is 0.0317. The Morgan fingerprint density at radius 2 is 1.91 bits per heavy atom. The number of rotatable bonds is 5. The van der Waals surface area contributed by atoms with Crippen molar-refractivity contribution in [3.63, 3.8) is 0 Å². The van der Waals surface area contributed by atoms with Gasteiger partial charge in [-0.2, -0.15) is 0 Å². The highest BCUT2D eigenvalue weighted by Crippen LogP contribution is 2.34. The lowest BCUT2D eigenvalue weighted by Crippen LogP contribution is -2.41. The molecule has 33 heavy (non-hydrogen) atoms. The van der Waals surface area contributed by atoms with Gasteiger partial charge in [0, 0.05) is 10.6 Å². The third-order valence-electron chi connectivity index (χ3n) is 6.31. The van der Waals surface area contributed by atoms with E-state index < -0.39 is 5.69 Å². The number of carbonyl (C=O) groups excluding carboxylic acids is 1. The summed E-state index contributed by atoms with van der Waals surface area (Å²) >= 11 is 1.47. The van der Waals surface area contributed by atoms with Crippen LogP contribution in [0.2, 0.25) is 0 Å². The average Bonchev–Trinajstić information content (AvgIpc) is 3.44. The van der Waals surface area contributed by atoms with Crippen molar-refractivity contribution in [3.8, 4) is 0 Å². The van der Waals surface area contributed by atoms with E-state index >= 15 is 0 Å². The fourth-order valence-electron chi connectivity index (χ4n) is 4.42.